The van der Waals surface area contributed by atoms with Crippen molar-refractivity contribution in [3.63, 3.8) is 0 Å². The Morgan fingerprint density at radius 2 is 1.71 bits per heavy atom. The van der Waals surface area contributed by atoms with Crippen molar-refractivity contribution in [1.82, 2.24) is 0 Å². The predicted molar refractivity (Wildman–Crippen MR) is 119 cm³/mol. The minimum absolute atomic E-state index is 0.227. The fraction of sp³-hybridized carbons (Fsp3) is 0.520. The lowest BCUT2D eigenvalue weighted by Gasteiger charge is -2.29. The topological polar surface area (TPSA) is 18.5 Å². The largest absolute Gasteiger partial charge is 0.496 e. The van der Waals surface area contributed by atoms with Crippen LogP contribution < -0.4 is 14.8 Å². The van der Waals surface area contributed by atoms with Crippen LogP contribution in [0.5, 0.6) is 11.5 Å². The summed E-state index contributed by atoms with van der Waals surface area (Å²) in [5, 5.41) is 1.67. The molecule has 0 amide bonds. The highest BCUT2D eigenvalue weighted by Crippen LogP contribution is 2.58. The summed E-state index contributed by atoms with van der Waals surface area (Å²) < 4.78 is 12.3. The van der Waals surface area contributed by atoms with E-state index in [9.17, 15) is 0 Å². The fourth-order valence-corrected chi connectivity index (χ4v) is 7.04. The standard InChI is InChI=1S/C25H31O2P/c1-15-19(16-9-10-16)13-20(17-11-12-17)23(26-5)22(15)18-7-6-8-21-24(18)28(14-27-21)25(2,3)4/h6-8,13,16-17H,9-12,14H2,1-5H3/t28-/m0/s1. The Kier molecular flexibility index (Phi) is 4.29. The van der Waals surface area contributed by atoms with Crippen LogP contribution in [0.25, 0.3) is 11.1 Å². The molecule has 1 atom stereocenters. The third-order valence-electron chi connectivity index (χ3n) is 6.54. The average molecular weight is 394 g/mol. The van der Waals surface area contributed by atoms with Gasteiger partial charge in [0.1, 0.15) is 17.8 Å². The molecule has 2 aliphatic carbocycles. The van der Waals surface area contributed by atoms with E-state index in [4.69, 9.17) is 9.47 Å². The van der Waals surface area contributed by atoms with Gasteiger partial charge in [-0.25, -0.2) is 0 Å². The van der Waals surface area contributed by atoms with Crippen LogP contribution in [0.4, 0.5) is 0 Å². The first kappa shape index (κ1) is 18.5. The number of benzene rings is 2. The van der Waals surface area contributed by atoms with E-state index in [0.717, 1.165) is 23.8 Å². The maximum atomic E-state index is 6.18. The van der Waals surface area contributed by atoms with E-state index < -0.39 is 0 Å². The van der Waals surface area contributed by atoms with Gasteiger partial charge in [0.2, 0.25) is 0 Å². The molecule has 28 heavy (non-hydrogen) atoms. The molecule has 2 aromatic rings. The van der Waals surface area contributed by atoms with E-state index >= 15 is 0 Å². The Labute approximate surface area is 170 Å². The minimum Gasteiger partial charge on any atom is -0.496 e. The second-order valence-electron chi connectivity index (χ2n) is 9.66. The molecule has 3 aliphatic rings. The molecule has 2 nitrogen and oxygen atoms in total. The van der Waals surface area contributed by atoms with Crippen molar-refractivity contribution in [2.75, 3.05) is 13.5 Å². The van der Waals surface area contributed by atoms with Crippen LogP contribution in [0.3, 0.4) is 0 Å². The maximum Gasteiger partial charge on any atom is 0.130 e. The van der Waals surface area contributed by atoms with E-state index in [1.807, 2.05) is 7.11 Å². The highest BCUT2D eigenvalue weighted by molar-refractivity contribution is 7.67. The Morgan fingerprint density at radius 1 is 1.04 bits per heavy atom. The number of ether oxygens (including phenoxy) is 2. The van der Waals surface area contributed by atoms with Crippen LogP contribution in [0.2, 0.25) is 0 Å². The van der Waals surface area contributed by atoms with Crippen LogP contribution in [0.1, 0.15) is 75.0 Å². The molecule has 0 saturated heterocycles. The van der Waals surface area contributed by atoms with Crippen molar-refractivity contribution in [1.29, 1.82) is 0 Å². The van der Waals surface area contributed by atoms with Gasteiger partial charge in [0.25, 0.3) is 0 Å². The monoisotopic (exact) mass is 394 g/mol. The first-order valence-electron chi connectivity index (χ1n) is 10.7. The summed E-state index contributed by atoms with van der Waals surface area (Å²) in [6, 6.07) is 9.11. The van der Waals surface area contributed by atoms with Gasteiger partial charge >= 0.3 is 0 Å². The van der Waals surface area contributed by atoms with Crippen molar-refractivity contribution in [2.24, 2.45) is 0 Å². The second-order valence-corrected chi connectivity index (χ2v) is 12.6. The van der Waals surface area contributed by atoms with Gasteiger partial charge in [-0.15, -0.1) is 0 Å². The predicted octanol–water partition coefficient (Wildman–Crippen LogP) is 6.68. The van der Waals surface area contributed by atoms with Gasteiger partial charge < -0.3 is 9.47 Å². The van der Waals surface area contributed by atoms with Crippen molar-refractivity contribution < 1.29 is 9.47 Å². The highest BCUT2D eigenvalue weighted by Gasteiger charge is 2.39. The van der Waals surface area contributed by atoms with Gasteiger partial charge in [0.15, 0.2) is 0 Å². The quantitative estimate of drug-likeness (QED) is 0.539. The van der Waals surface area contributed by atoms with Crippen LogP contribution in [0, 0.1) is 6.92 Å². The molecule has 0 aromatic heterocycles. The van der Waals surface area contributed by atoms with E-state index in [2.05, 4.69) is 52.0 Å². The van der Waals surface area contributed by atoms with Crippen molar-refractivity contribution >= 4 is 13.2 Å². The highest BCUT2D eigenvalue weighted by atomic mass is 31.1. The lowest BCUT2D eigenvalue weighted by Crippen LogP contribution is -2.19. The summed E-state index contributed by atoms with van der Waals surface area (Å²) in [6.07, 6.45) is 6.11. The van der Waals surface area contributed by atoms with Gasteiger partial charge in [-0.05, 0) is 85.8 Å². The summed E-state index contributed by atoms with van der Waals surface area (Å²) in [5.74, 6) is 3.64. The zero-order valence-corrected chi connectivity index (χ0v) is 18.7. The third kappa shape index (κ3) is 2.96. The van der Waals surface area contributed by atoms with Crippen LogP contribution in [-0.2, 0) is 0 Å². The van der Waals surface area contributed by atoms with Crippen molar-refractivity contribution in [3.05, 3.63) is 41.0 Å². The summed E-state index contributed by atoms with van der Waals surface area (Å²) >= 11 is 0. The van der Waals surface area contributed by atoms with Gasteiger partial charge in [-0.1, -0.05) is 39.0 Å². The number of rotatable bonds is 4. The Bertz CT molecular complexity index is 933. The Hall–Kier alpha value is -1.53. The number of methoxy groups -OCH3 is 1. The van der Waals surface area contributed by atoms with E-state index in [1.165, 1.54) is 53.2 Å². The minimum atomic E-state index is -0.373. The van der Waals surface area contributed by atoms with E-state index in [0.29, 0.717) is 5.92 Å². The van der Waals surface area contributed by atoms with E-state index in [-0.39, 0.29) is 13.1 Å². The summed E-state index contributed by atoms with van der Waals surface area (Å²) in [5.41, 5.74) is 7.13. The third-order valence-corrected chi connectivity index (χ3v) is 9.55. The number of hydrogen-bond donors (Lipinski definition) is 0. The Balaban J connectivity index is 1.78. The van der Waals surface area contributed by atoms with Gasteiger partial charge in [0, 0.05) is 10.9 Å². The molecule has 2 fully saturated rings. The number of fused-ring (bicyclic) bond motifs is 1. The SMILES string of the molecule is COc1c(C2CC2)cc(C2CC2)c(C)c1-c1cccc2c1[P@@](C(C)(C)C)CO2. The van der Waals surface area contributed by atoms with Gasteiger partial charge in [-0.3, -0.25) is 0 Å². The molecule has 1 heterocycles. The lowest BCUT2D eigenvalue weighted by atomic mass is 9.89. The molecule has 0 radical (unpaired) electrons. The first-order valence-corrected chi connectivity index (χ1v) is 12.2. The fourth-order valence-electron chi connectivity index (χ4n) is 4.71. The molecule has 0 bridgehead atoms. The molecule has 0 N–H and O–H groups in total. The molecule has 3 heteroatoms. The molecular weight excluding hydrogens is 363 g/mol. The van der Waals surface area contributed by atoms with Crippen LogP contribution >= 0.6 is 7.92 Å². The van der Waals surface area contributed by atoms with Crippen LogP contribution in [0.15, 0.2) is 24.3 Å². The normalized spacial score (nSPS) is 21.4. The molecule has 0 unspecified atom stereocenters. The van der Waals surface area contributed by atoms with Crippen LogP contribution in [-0.4, -0.2) is 18.6 Å². The second kappa shape index (κ2) is 6.49. The zero-order valence-electron chi connectivity index (χ0n) is 17.8. The maximum absolute atomic E-state index is 6.18. The molecule has 0 spiro atoms. The summed E-state index contributed by atoms with van der Waals surface area (Å²) in [7, 11) is 1.48. The number of hydrogen-bond acceptors (Lipinski definition) is 2. The summed E-state index contributed by atoms with van der Waals surface area (Å²) in [4.78, 5) is 0. The first-order chi connectivity index (χ1) is 13.4. The molecule has 148 valence electrons. The van der Waals surface area contributed by atoms with Gasteiger partial charge in [0.05, 0.1) is 7.11 Å². The Morgan fingerprint density at radius 3 is 2.32 bits per heavy atom. The van der Waals surface area contributed by atoms with Crippen molar-refractivity contribution in [3.8, 4) is 22.6 Å². The molecule has 5 rings (SSSR count). The average Bonchev–Trinajstić information content (AvgIpc) is 3.57. The van der Waals surface area contributed by atoms with E-state index in [1.54, 1.807) is 5.56 Å². The summed E-state index contributed by atoms with van der Waals surface area (Å²) in [6.45, 7) is 9.38. The zero-order chi connectivity index (χ0) is 19.6. The smallest absolute Gasteiger partial charge is 0.130 e. The van der Waals surface area contributed by atoms with Crippen molar-refractivity contribution in [2.45, 2.75) is 70.4 Å². The van der Waals surface area contributed by atoms with Gasteiger partial charge in [-0.2, -0.15) is 0 Å². The lowest BCUT2D eigenvalue weighted by molar-refractivity contribution is 0.400. The molecule has 2 saturated carbocycles. The molecule has 1 aliphatic heterocycles. The molecular formula is C25H31O2P. The molecule has 2 aromatic carbocycles.